The quantitative estimate of drug-likeness (QED) is 0.452. The first-order chi connectivity index (χ1) is 16.7. The number of carbonyl (C=O) groups is 3. The van der Waals surface area contributed by atoms with E-state index in [1.165, 1.54) is 10.9 Å². The summed E-state index contributed by atoms with van der Waals surface area (Å²) < 4.78 is 6.88. The van der Waals surface area contributed by atoms with Gasteiger partial charge in [0.05, 0.1) is 0 Å². The van der Waals surface area contributed by atoms with Crippen molar-refractivity contribution < 1.29 is 24.2 Å². The highest BCUT2D eigenvalue weighted by atomic mass is 16.5. The SMILES string of the molecule is CC(C)C[C@H](NC(=O)OCC1c2ccccc2-c2ccccc21)C(=O)Nc1nn(C)cc1C(=O)O. The van der Waals surface area contributed by atoms with Gasteiger partial charge in [-0.1, -0.05) is 62.4 Å². The summed E-state index contributed by atoms with van der Waals surface area (Å²) in [6, 6.07) is 15.1. The van der Waals surface area contributed by atoms with E-state index in [2.05, 4.69) is 27.9 Å². The second-order valence-electron chi connectivity index (χ2n) is 9.01. The molecule has 1 atom stereocenters. The third kappa shape index (κ3) is 5.18. The number of hydrogen-bond acceptors (Lipinski definition) is 5. The highest BCUT2D eigenvalue weighted by Gasteiger charge is 2.30. The van der Waals surface area contributed by atoms with Crippen molar-refractivity contribution in [2.24, 2.45) is 13.0 Å². The molecular formula is C26H28N4O5. The molecule has 1 aliphatic rings. The maximum Gasteiger partial charge on any atom is 0.407 e. The minimum Gasteiger partial charge on any atom is -0.477 e. The summed E-state index contributed by atoms with van der Waals surface area (Å²) in [4.78, 5) is 37.1. The average molecular weight is 477 g/mol. The van der Waals surface area contributed by atoms with Gasteiger partial charge < -0.3 is 20.5 Å². The maximum atomic E-state index is 12.9. The van der Waals surface area contributed by atoms with E-state index >= 15 is 0 Å². The number of nitrogens with one attached hydrogen (secondary N) is 2. The van der Waals surface area contributed by atoms with Crippen LogP contribution in [0.25, 0.3) is 11.1 Å². The topological polar surface area (TPSA) is 123 Å². The molecule has 1 aliphatic carbocycles. The fraction of sp³-hybridized carbons (Fsp3) is 0.308. The van der Waals surface area contributed by atoms with Gasteiger partial charge in [0.25, 0.3) is 0 Å². The smallest absolute Gasteiger partial charge is 0.407 e. The van der Waals surface area contributed by atoms with E-state index in [9.17, 15) is 19.5 Å². The van der Waals surface area contributed by atoms with Gasteiger partial charge in [-0.25, -0.2) is 9.59 Å². The van der Waals surface area contributed by atoms with Crippen molar-refractivity contribution in [2.45, 2.75) is 32.2 Å². The summed E-state index contributed by atoms with van der Waals surface area (Å²) in [5.74, 6) is -1.86. The monoisotopic (exact) mass is 476 g/mol. The number of ether oxygens (including phenoxy) is 1. The number of benzene rings is 2. The molecule has 0 aliphatic heterocycles. The number of rotatable bonds is 8. The lowest BCUT2D eigenvalue weighted by Crippen LogP contribution is -2.45. The number of carbonyl (C=O) groups excluding carboxylic acids is 2. The van der Waals surface area contributed by atoms with Crippen LogP contribution in [-0.2, 0) is 16.6 Å². The molecule has 4 rings (SSSR count). The van der Waals surface area contributed by atoms with E-state index in [-0.39, 0.29) is 29.8 Å². The summed E-state index contributed by atoms with van der Waals surface area (Å²) >= 11 is 0. The van der Waals surface area contributed by atoms with Gasteiger partial charge in [0.2, 0.25) is 5.91 Å². The van der Waals surface area contributed by atoms with Crippen LogP contribution in [0.1, 0.15) is 47.7 Å². The molecule has 9 nitrogen and oxygen atoms in total. The van der Waals surface area contributed by atoms with E-state index in [1.54, 1.807) is 7.05 Å². The summed E-state index contributed by atoms with van der Waals surface area (Å²) in [6.45, 7) is 3.96. The van der Waals surface area contributed by atoms with Crippen LogP contribution in [0.3, 0.4) is 0 Å². The number of alkyl carbamates (subject to hydrolysis) is 1. The van der Waals surface area contributed by atoms with Gasteiger partial charge in [0.1, 0.15) is 18.2 Å². The Morgan fingerprint density at radius 2 is 1.66 bits per heavy atom. The van der Waals surface area contributed by atoms with Gasteiger partial charge in [-0.05, 0) is 34.6 Å². The fourth-order valence-corrected chi connectivity index (χ4v) is 4.43. The average Bonchev–Trinajstić information content (AvgIpc) is 3.34. The van der Waals surface area contributed by atoms with Crippen molar-refractivity contribution in [3.63, 3.8) is 0 Å². The molecule has 3 aromatic rings. The number of carboxylic acid groups (broad SMARTS) is 1. The van der Waals surface area contributed by atoms with E-state index < -0.39 is 24.0 Å². The largest absolute Gasteiger partial charge is 0.477 e. The summed E-state index contributed by atoms with van der Waals surface area (Å²) in [5.41, 5.74) is 4.30. The van der Waals surface area contributed by atoms with Gasteiger partial charge in [-0.2, -0.15) is 5.10 Å². The van der Waals surface area contributed by atoms with Crippen molar-refractivity contribution in [2.75, 3.05) is 11.9 Å². The van der Waals surface area contributed by atoms with Crippen LogP contribution >= 0.6 is 0 Å². The molecule has 0 saturated carbocycles. The first kappa shape index (κ1) is 24.0. The molecule has 3 N–H and O–H groups in total. The van der Waals surface area contributed by atoms with E-state index in [0.29, 0.717) is 6.42 Å². The summed E-state index contributed by atoms with van der Waals surface area (Å²) in [5, 5.41) is 18.5. The van der Waals surface area contributed by atoms with Crippen LogP contribution in [0.2, 0.25) is 0 Å². The van der Waals surface area contributed by atoms with Crippen LogP contribution in [-0.4, -0.2) is 45.5 Å². The van der Waals surface area contributed by atoms with E-state index in [4.69, 9.17) is 4.74 Å². The predicted molar refractivity (Wildman–Crippen MR) is 130 cm³/mol. The lowest BCUT2D eigenvalue weighted by molar-refractivity contribution is -0.118. The lowest BCUT2D eigenvalue weighted by atomic mass is 9.98. The molecule has 0 bridgehead atoms. The number of fused-ring (bicyclic) bond motifs is 3. The van der Waals surface area contributed by atoms with Crippen LogP contribution < -0.4 is 10.6 Å². The second kappa shape index (κ2) is 10.0. The second-order valence-corrected chi connectivity index (χ2v) is 9.01. The van der Waals surface area contributed by atoms with Gasteiger partial charge >= 0.3 is 12.1 Å². The van der Waals surface area contributed by atoms with Crippen LogP contribution in [0.5, 0.6) is 0 Å². The molecule has 0 spiro atoms. The number of aromatic carboxylic acids is 1. The van der Waals surface area contributed by atoms with E-state index in [0.717, 1.165) is 22.3 Å². The first-order valence-electron chi connectivity index (χ1n) is 11.4. The third-order valence-electron chi connectivity index (χ3n) is 5.96. The Labute approximate surface area is 203 Å². The molecule has 1 heterocycles. The molecule has 9 heteroatoms. The maximum absolute atomic E-state index is 12.9. The van der Waals surface area contributed by atoms with Crippen LogP contribution in [0, 0.1) is 5.92 Å². The number of aryl methyl sites for hydroxylation is 1. The van der Waals surface area contributed by atoms with Gasteiger partial charge in [-0.15, -0.1) is 0 Å². The standard InChI is InChI=1S/C26H28N4O5/c1-15(2)12-22(24(31)28-23-20(25(32)33)13-30(3)29-23)27-26(34)35-14-21-18-10-6-4-8-16(18)17-9-5-7-11-19(17)21/h4-11,13,15,21-22H,12,14H2,1-3H3,(H,27,34)(H,32,33)(H,28,29,31)/t22-/m0/s1. The van der Waals surface area contributed by atoms with Gasteiger partial charge in [0.15, 0.2) is 5.82 Å². The molecule has 2 amide bonds. The Bertz CT molecular complexity index is 1220. The molecule has 0 saturated heterocycles. The Morgan fingerprint density at radius 3 is 2.23 bits per heavy atom. The zero-order valence-electron chi connectivity index (χ0n) is 19.8. The fourth-order valence-electron chi connectivity index (χ4n) is 4.43. The Balaban J connectivity index is 1.44. The number of hydrogen-bond donors (Lipinski definition) is 3. The normalized spacial score (nSPS) is 13.1. The summed E-state index contributed by atoms with van der Waals surface area (Å²) in [6.07, 6.45) is 0.923. The zero-order chi connectivity index (χ0) is 25.1. The van der Waals surface area contributed by atoms with Gasteiger partial charge in [-0.3, -0.25) is 9.48 Å². The minimum atomic E-state index is -1.21. The number of aromatic nitrogens is 2. The molecule has 0 fully saturated rings. The van der Waals surface area contributed by atoms with Crippen molar-refractivity contribution in [3.8, 4) is 11.1 Å². The van der Waals surface area contributed by atoms with E-state index in [1.807, 2.05) is 50.2 Å². The molecule has 0 radical (unpaired) electrons. The van der Waals surface area contributed by atoms with Crippen molar-refractivity contribution in [1.82, 2.24) is 15.1 Å². The Hall–Kier alpha value is -4.14. The Morgan fingerprint density at radius 1 is 1.06 bits per heavy atom. The van der Waals surface area contributed by atoms with Crippen LogP contribution in [0.4, 0.5) is 10.6 Å². The first-order valence-corrected chi connectivity index (χ1v) is 11.4. The number of amides is 2. The highest BCUT2D eigenvalue weighted by Crippen LogP contribution is 2.44. The highest BCUT2D eigenvalue weighted by molar-refractivity contribution is 6.01. The Kier molecular flexibility index (Phi) is 6.86. The van der Waals surface area contributed by atoms with Crippen molar-refractivity contribution in [1.29, 1.82) is 0 Å². The lowest BCUT2D eigenvalue weighted by Gasteiger charge is -2.20. The number of anilines is 1. The molecule has 0 unspecified atom stereocenters. The zero-order valence-corrected chi connectivity index (χ0v) is 19.8. The molecule has 182 valence electrons. The van der Waals surface area contributed by atoms with Crippen molar-refractivity contribution in [3.05, 3.63) is 71.4 Å². The third-order valence-corrected chi connectivity index (χ3v) is 5.96. The number of carboxylic acids is 1. The molecular weight excluding hydrogens is 448 g/mol. The number of nitrogens with zero attached hydrogens (tertiary/aromatic N) is 2. The van der Waals surface area contributed by atoms with Gasteiger partial charge in [0, 0.05) is 19.2 Å². The molecule has 1 aromatic heterocycles. The van der Waals surface area contributed by atoms with Crippen molar-refractivity contribution >= 4 is 23.8 Å². The summed E-state index contributed by atoms with van der Waals surface area (Å²) in [7, 11) is 1.56. The minimum absolute atomic E-state index is 0.0758. The van der Waals surface area contributed by atoms with Crippen LogP contribution in [0.15, 0.2) is 54.7 Å². The molecule has 35 heavy (non-hydrogen) atoms. The predicted octanol–water partition coefficient (Wildman–Crippen LogP) is 4.01. The molecule has 2 aromatic carbocycles.